The van der Waals surface area contributed by atoms with Gasteiger partial charge >= 0.3 is 11.9 Å². The fourth-order valence-corrected chi connectivity index (χ4v) is 3.33. The molecule has 0 fully saturated rings. The Morgan fingerprint density at radius 2 is 1.69 bits per heavy atom. The highest BCUT2D eigenvalue weighted by Gasteiger charge is 2.37. The van der Waals surface area contributed by atoms with Gasteiger partial charge in [0.25, 0.3) is 0 Å². The summed E-state index contributed by atoms with van der Waals surface area (Å²) in [5.41, 5.74) is -1.36. The second kappa shape index (κ2) is 8.71. The van der Waals surface area contributed by atoms with Crippen LogP contribution in [0.5, 0.6) is 34.5 Å². The summed E-state index contributed by atoms with van der Waals surface area (Å²) < 4.78 is 74.9. The number of aromatic carboxylic acids is 1. The predicted octanol–water partition coefficient (Wildman–Crippen LogP) is 1.90. The standard InChI is InChI=1S/C21H21NO10/c1-22-4-5-28-21(25)11-7-13(27-3)17-19(32-9-30-17)15(11)14-10(20(23)24)6-12(26-2)16-18(14)31-8-29-16/h6-7,22H,4-5,8-9H2,1-3H3,(H,23,24)/i2D3,8D2. The van der Waals surface area contributed by atoms with E-state index in [-0.39, 0.29) is 47.3 Å². The van der Waals surface area contributed by atoms with E-state index in [0.717, 1.165) is 6.07 Å². The molecule has 2 N–H and O–H groups in total. The van der Waals surface area contributed by atoms with Crippen molar-refractivity contribution in [2.75, 3.05) is 47.9 Å². The van der Waals surface area contributed by atoms with E-state index in [1.165, 1.54) is 13.2 Å². The Balaban J connectivity index is 2.05. The maximum atomic E-state index is 13.2. The summed E-state index contributed by atoms with van der Waals surface area (Å²) in [5, 5.41) is 12.9. The molecule has 0 unspecified atom stereocenters. The maximum Gasteiger partial charge on any atom is 0.339 e. The van der Waals surface area contributed by atoms with Crippen LogP contribution in [0.4, 0.5) is 0 Å². The Labute approximate surface area is 189 Å². The Kier molecular flexibility index (Phi) is 4.32. The van der Waals surface area contributed by atoms with Crippen LogP contribution in [-0.4, -0.2) is 64.9 Å². The van der Waals surface area contributed by atoms with Crippen molar-refractivity contribution in [1.29, 1.82) is 0 Å². The first-order valence-electron chi connectivity index (χ1n) is 11.7. The molecule has 2 aromatic carbocycles. The number of carboxylic acid groups (broad SMARTS) is 1. The number of likely N-dealkylation sites (N-methyl/N-ethyl adjacent to an activating group) is 1. The molecule has 2 aromatic rings. The lowest BCUT2D eigenvalue weighted by Gasteiger charge is -2.18. The molecular formula is C21H21NO10. The lowest BCUT2D eigenvalue weighted by atomic mass is 9.92. The number of nitrogens with one attached hydrogen (secondary N) is 1. The molecule has 0 radical (unpaired) electrons. The molecule has 170 valence electrons. The molecular weight excluding hydrogens is 426 g/mol. The van der Waals surface area contributed by atoms with Gasteiger partial charge < -0.3 is 43.6 Å². The third-order valence-electron chi connectivity index (χ3n) is 4.71. The minimum absolute atomic E-state index is 0.0387. The van der Waals surface area contributed by atoms with Crippen molar-refractivity contribution in [1.82, 2.24) is 5.32 Å². The highest BCUT2D eigenvalue weighted by atomic mass is 16.7. The van der Waals surface area contributed by atoms with Gasteiger partial charge in [0.05, 0.1) is 29.4 Å². The second-order valence-corrected chi connectivity index (χ2v) is 6.46. The highest BCUT2D eigenvalue weighted by Crippen LogP contribution is 2.56. The van der Waals surface area contributed by atoms with Crippen LogP contribution in [0.25, 0.3) is 11.1 Å². The number of carboxylic acids is 1. The summed E-state index contributed by atoms with van der Waals surface area (Å²) in [6.07, 6.45) is 0. The molecule has 0 bridgehead atoms. The van der Waals surface area contributed by atoms with Crippen molar-refractivity contribution in [3.05, 3.63) is 23.3 Å². The number of fused-ring (bicyclic) bond motifs is 2. The van der Waals surface area contributed by atoms with E-state index < -0.39 is 48.5 Å². The van der Waals surface area contributed by atoms with Crippen molar-refractivity contribution in [2.45, 2.75) is 0 Å². The van der Waals surface area contributed by atoms with E-state index in [0.29, 0.717) is 6.54 Å². The fourth-order valence-electron chi connectivity index (χ4n) is 3.33. The van der Waals surface area contributed by atoms with Crippen molar-refractivity contribution in [2.24, 2.45) is 0 Å². The Morgan fingerprint density at radius 1 is 1.06 bits per heavy atom. The third-order valence-corrected chi connectivity index (χ3v) is 4.71. The quantitative estimate of drug-likeness (QED) is 0.450. The van der Waals surface area contributed by atoms with Crippen LogP contribution in [0.3, 0.4) is 0 Å². The topological polar surface area (TPSA) is 131 Å². The van der Waals surface area contributed by atoms with Crippen LogP contribution in [0.1, 0.15) is 27.6 Å². The average molecular weight is 452 g/mol. The highest BCUT2D eigenvalue weighted by molar-refractivity contribution is 6.08. The Hall–Kier alpha value is -3.86. The molecule has 11 heteroatoms. The van der Waals surface area contributed by atoms with Gasteiger partial charge in [-0.05, 0) is 19.2 Å². The summed E-state index contributed by atoms with van der Waals surface area (Å²) in [6.45, 7) is -2.86. The van der Waals surface area contributed by atoms with Gasteiger partial charge in [-0.15, -0.1) is 0 Å². The Morgan fingerprint density at radius 3 is 2.41 bits per heavy atom. The first-order valence-corrected chi connectivity index (χ1v) is 9.21. The largest absolute Gasteiger partial charge is 0.493 e. The van der Waals surface area contributed by atoms with Crippen molar-refractivity contribution in [3.8, 4) is 45.6 Å². The summed E-state index contributed by atoms with van der Waals surface area (Å²) in [5.74, 6) is -4.13. The number of methoxy groups -OCH3 is 2. The fraction of sp³-hybridized carbons (Fsp3) is 0.333. The van der Waals surface area contributed by atoms with Crippen LogP contribution in [-0.2, 0) is 4.74 Å². The van der Waals surface area contributed by atoms with Gasteiger partial charge in [0.15, 0.2) is 23.0 Å². The van der Waals surface area contributed by atoms with E-state index in [4.69, 9.17) is 40.0 Å². The number of esters is 1. The summed E-state index contributed by atoms with van der Waals surface area (Å²) in [4.78, 5) is 25.5. The van der Waals surface area contributed by atoms with Gasteiger partial charge in [-0.3, -0.25) is 0 Å². The van der Waals surface area contributed by atoms with E-state index in [9.17, 15) is 14.7 Å². The lowest BCUT2D eigenvalue weighted by molar-refractivity contribution is 0.0510. The molecule has 11 nitrogen and oxygen atoms in total. The number of carbonyl (C=O) groups excluding carboxylic acids is 1. The SMILES string of the molecule is [2H]C([2H])([2H])Oc1cc(C(=O)O)c(-c2c(C(=O)OCCNC)cc(OC)c3c2OCO3)c2c1OC([2H])([2H])O2. The first kappa shape index (κ1) is 15.9. The molecule has 0 amide bonds. The molecule has 0 saturated heterocycles. The minimum atomic E-state index is -3.04. The smallest absolute Gasteiger partial charge is 0.339 e. The zero-order valence-corrected chi connectivity index (χ0v) is 16.9. The molecule has 2 aliphatic heterocycles. The number of ether oxygens (including phenoxy) is 7. The van der Waals surface area contributed by atoms with Crippen molar-refractivity contribution >= 4 is 11.9 Å². The van der Waals surface area contributed by atoms with Gasteiger partial charge in [-0.2, -0.15) is 0 Å². The van der Waals surface area contributed by atoms with E-state index >= 15 is 0 Å². The number of rotatable bonds is 8. The number of hydrogen-bond donors (Lipinski definition) is 2. The van der Waals surface area contributed by atoms with Crippen LogP contribution in [0.2, 0.25) is 0 Å². The normalized spacial score (nSPS) is 17.4. The summed E-state index contributed by atoms with van der Waals surface area (Å²) in [6, 6.07) is 2.08. The molecule has 0 aromatic heterocycles. The first-order chi connectivity index (χ1) is 17.4. The minimum Gasteiger partial charge on any atom is -0.493 e. The van der Waals surface area contributed by atoms with Crippen LogP contribution in [0.15, 0.2) is 12.1 Å². The van der Waals surface area contributed by atoms with Gasteiger partial charge in [0, 0.05) is 17.7 Å². The average Bonchev–Trinajstić information content (AvgIpc) is 3.41. The summed E-state index contributed by atoms with van der Waals surface area (Å²) in [7, 11) is -0.0658. The molecule has 32 heavy (non-hydrogen) atoms. The second-order valence-electron chi connectivity index (χ2n) is 6.46. The maximum absolute atomic E-state index is 13.2. The number of carbonyl (C=O) groups is 2. The van der Waals surface area contributed by atoms with Crippen molar-refractivity contribution < 1.29 is 54.7 Å². The van der Waals surface area contributed by atoms with Crippen LogP contribution < -0.4 is 33.7 Å². The van der Waals surface area contributed by atoms with E-state index in [2.05, 4.69) is 5.32 Å². The van der Waals surface area contributed by atoms with Crippen LogP contribution in [0, 0.1) is 0 Å². The Bertz CT molecular complexity index is 1260. The monoisotopic (exact) mass is 452 g/mol. The molecule has 0 spiro atoms. The molecule has 0 atom stereocenters. The summed E-state index contributed by atoms with van der Waals surface area (Å²) >= 11 is 0. The lowest BCUT2D eigenvalue weighted by Crippen LogP contribution is -2.18. The van der Waals surface area contributed by atoms with E-state index in [1.807, 2.05) is 0 Å². The van der Waals surface area contributed by atoms with Gasteiger partial charge in [0.2, 0.25) is 25.0 Å². The number of hydrogen-bond acceptors (Lipinski definition) is 10. The molecule has 2 heterocycles. The van der Waals surface area contributed by atoms with Gasteiger partial charge in [0.1, 0.15) is 9.35 Å². The zero-order valence-electron chi connectivity index (χ0n) is 21.9. The van der Waals surface area contributed by atoms with Gasteiger partial charge in [-0.25, -0.2) is 9.59 Å². The third kappa shape index (κ3) is 3.46. The van der Waals surface area contributed by atoms with E-state index in [1.54, 1.807) is 7.05 Å². The van der Waals surface area contributed by atoms with Crippen LogP contribution >= 0.6 is 0 Å². The zero-order chi connectivity index (χ0) is 27.1. The predicted molar refractivity (Wildman–Crippen MR) is 108 cm³/mol. The molecule has 0 saturated carbocycles. The van der Waals surface area contributed by atoms with Crippen molar-refractivity contribution in [3.63, 3.8) is 0 Å². The molecule has 2 aliphatic rings. The molecule has 4 rings (SSSR count). The molecule has 0 aliphatic carbocycles. The number of benzene rings is 2. The van der Waals surface area contributed by atoms with Gasteiger partial charge in [-0.1, -0.05) is 0 Å².